The fourth-order valence-corrected chi connectivity index (χ4v) is 0.932. The van der Waals surface area contributed by atoms with E-state index in [9.17, 15) is 0 Å². The van der Waals surface area contributed by atoms with E-state index in [0.29, 0.717) is 0 Å². The van der Waals surface area contributed by atoms with E-state index in [0.717, 1.165) is 5.56 Å². The Hall–Kier alpha value is -0.690. The van der Waals surface area contributed by atoms with Crippen LogP contribution in [0.5, 0.6) is 0 Å². The summed E-state index contributed by atoms with van der Waals surface area (Å²) in [5.74, 6) is 0. The number of hydrogen-bond donors (Lipinski definition) is 0. The van der Waals surface area contributed by atoms with Crippen molar-refractivity contribution in [3.63, 3.8) is 0 Å². The first-order chi connectivity index (χ1) is 4.74. The van der Waals surface area contributed by atoms with Gasteiger partial charge in [-0.1, -0.05) is 30.4 Å². The van der Waals surface area contributed by atoms with Crippen molar-refractivity contribution in [2.24, 2.45) is 0 Å². The van der Waals surface area contributed by atoms with Crippen LogP contribution in [0, 0.1) is 13.8 Å². The molecule has 0 bridgehead atoms. The molecule has 0 heterocycles. The molecule has 0 aliphatic heterocycles. The van der Waals surface area contributed by atoms with Crippen LogP contribution in [0.1, 0.15) is 16.7 Å². The standard InChI is InChI=1S/C9H9S/c1-7-3-4-9(6-10)5-8(7)2/h3-5H,1-2H3. The predicted octanol–water partition coefficient (Wildman–Crippen LogP) is 2.53. The Morgan fingerprint density at radius 2 is 1.90 bits per heavy atom. The number of thiocarbonyl (C=S) groups is 1. The molecule has 0 unspecified atom stereocenters. The number of aryl methyl sites for hydroxylation is 2. The highest BCUT2D eigenvalue weighted by Crippen LogP contribution is 2.07. The van der Waals surface area contributed by atoms with Gasteiger partial charge >= 0.3 is 0 Å². The van der Waals surface area contributed by atoms with Gasteiger partial charge in [-0.2, -0.15) is 0 Å². The molecule has 0 aliphatic rings. The molecule has 0 saturated heterocycles. The maximum atomic E-state index is 4.67. The van der Waals surface area contributed by atoms with E-state index in [1.54, 1.807) is 0 Å². The average molecular weight is 149 g/mol. The summed E-state index contributed by atoms with van der Waals surface area (Å²) in [6.45, 7) is 4.16. The molecule has 1 heteroatoms. The largest absolute Gasteiger partial charge is 0.0778 e. The van der Waals surface area contributed by atoms with Gasteiger partial charge in [0.1, 0.15) is 0 Å². The molecule has 0 aromatic heterocycles. The Bertz CT molecular complexity index is 251. The summed E-state index contributed by atoms with van der Waals surface area (Å²) in [6.07, 6.45) is 0. The third-order valence-electron chi connectivity index (χ3n) is 1.62. The molecular formula is C9H9S. The van der Waals surface area contributed by atoms with E-state index in [2.05, 4.69) is 37.5 Å². The second-order valence-electron chi connectivity index (χ2n) is 2.40. The van der Waals surface area contributed by atoms with Crippen LogP contribution >= 0.6 is 12.2 Å². The first kappa shape index (κ1) is 7.42. The van der Waals surface area contributed by atoms with Gasteiger partial charge < -0.3 is 0 Å². The topological polar surface area (TPSA) is 0 Å². The molecule has 1 rings (SSSR count). The Labute approximate surface area is 66.9 Å². The molecule has 0 nitrogen and oxygen atoms in total. The third-order valence-corrected chi connectivity index (χ3v) is 1.86. The van der Waals surface area contributed by atoms with Crippen LogP contribution in [0.2, 0.25) is 0 Å². The van der Waals surface area contributed by atoms with Gasteiger partial charge in [0.05, 0.1) is 5.37 Å². The summed E-state index contributed by atoms with van der Waals surface area (Å²) < 4.78 is 0. The summed E-state index contributed by atoms with van der Waals surface area (Å²) in [7, 11) is 0. The van der Waals surface area contributed by atoms with Crippen molar-refractivity contribution in [1.29, 1.82) is 0 Å². The predicted molar refractivity (Wildman–Crippen MR) is 47.6 cm³/mol. The fraction of sp³-hybridized carbons (Fsp3) is 0.222. The third kappa shape index (κ3) is 1.42. The molecule has 0 fully saturated rings. The van der Waals surface area contributed by atoms with Crippen molar-refractivity contribution in [2.75, 3.05) is 0 Å². The van der Waals surface area contributed by atoms with Crippen molar-refractivity contribution >= 4 is 17.6 Å². The van der Waals surface area contributed by atoms with Crippen molar-refractivity contribution in [3.05, 3.63) is 34.9 Å². The summed E-state index contributed by atoms with van der Waals surface area (Å²) in [5, 5.41) is 2.68. The van der Waals surface area contributed by atoms with Gasteiger partial charge in [-0.05, 0) is 30.5 Å². The van der Waals surface area contributed by atoms with Crippen LogP contribution in [-0.4, -0.2) is 5.37 Å². The van der Waals surface area contributed by atoms with Gasteiger partial charge in [-0.15, -0.1) is 0 Å². The first-order valence-electron chi connectivity index (χ1n) is 3.19. The van der Waals surface area contributed by atoms with Gasteiger partial charge in [-0.3, -0.25) is 0 Å². The second-order valence-corrected chi connectivity index (χ2v) is 2.61. The molecule has 1 radical (unpaired) electrons. The molecule has 10 heavy (non-hydrogen) atoms. The van der Waals surface area contributed by atoms with E-state index in [1.165, 1.54) is 11.1 Å². The lowest BCUT2D eigenvalue weighted by Crippen LogP contribution is -1.83. The molecule has 1 aromatic rings. The lowest BCUT2D eigenvalue weighted by Gasteiger charge is -1.98. The van der Waals surface area contributed by atoms with E-state index in [1.807, 2.05) is 12.1 Å². The highest BCUT2D eigenvalue weighted by molar-refractivity contribution is 7.79. The monoisotopic (exact) mass is 149 g/mol. The molecule has 0 N–H and O–H groups in total. The zero-order valence-electron chi connectivity index (χ0n) is 6.14. The summed E-state index contributed by atoms with van der Waals surface area (Å²) in [5.41, 5.74) is 3.57. The zero-order chi connectivity index (χ0) is 7.56. The number of rotatable bonds is 1. The Balaban J connectivity index is 3.16. The van der Waals surface area contributed by atoms with Crippen molar-refractivity contribution in [1.82, 2.24) is 0 Å². The summed E-state index contributed by atoms with van der Waals surface area (Å²) >= 11 is 4.67. The molecule has 1 aromatic carbocycles. The van der Waals surface area contributed by atoms with Crippen molar-refractivity contribution in [3.8, 4) is 0 Å². The van der Waals surface area contributed by atoms with Crippen LogP contribution < -0.4 is 0 Å². The Morgan fingerprint density at radius 3 is 2.40 bits per heavy atom. The Morgan fingerprint density at radius 1 is 1.20 bits per heavy atom. The minimum atomic E-state index is 0.998. The van der Waals surface area contributed by atoms with Crippen molar-refractivity contribution < 1.29 is 0 Å². The van der Waals surface area contributed by atoms with Crippen molar-refractivity contribution in [2.45, 2.75) is 13.8 Å². The summed E-state index contributed by atoms with van der Waals surface area (Å²) in [4.78, 5) is 0. The second kappa shape index (κ2) is 2.93. The lowest BCUT2D eigenvalue weighted by atomic mass is 10.1. The van der Waals surface area contributed by atoms with Crippen LogP contribution in [0.4, 0.5) is 0 Å². The molecule has 51 valence electrons. The first-order valence-corrected chi connectivity index (χ1v) is 3.60. The van der Waals surface area contributed by atoms with Gasteiger partial charge in [0, 0.05) is 0 Å². The van der Waals surface area contributed by atoms with Gasteiger partial charge in [0.25, 0.3) is 0 Å². The minimum absolute atomic E-state index is 0.998. The van der Waals surface area contributed by atoms with Gasteiger partial charge in [-0.25, -0.2) is 0 Å². The number of hydrogen-bond acceptors (Lipinski definition) is 1. The fourth-order valence-electron chi connectivity index (χ4n) is 0.805. The SMILES string of the molecule is Cc1ccc([C]=S)cc1C. The highest BCUT2D eigenvalue weighted by Gasteiger charge is 1.91. The minimum Gasteiger partial charge on any atom is -0.0778 e. The van der Waals surface area contributed by atoms with E-state index in [4.69, 9.17) is 0 Å². The molecule has 0 spiro atoms. The smallest absolute Gasteiger partial charge is 0.0636 e. The van der Waals surface area contributed by atoms with Crippen LogP contribution in [-0.2, 0) is 0 Å². The molecule has 0 saturated carbocycles. The van der Waals surface area contributed by atoms with Crippen LogP contribution in [0.15, 0.2) is 18.2 Å². The van der Waals surface area contributed by atoms with E-state index < -0.39 is 0 Å². The van der Waals surface area contributed by atoms with Gasteiger partial charge in [0.2, 0.25) is 0 Å². The van der Waals surface area contributed by atoms with Crippen LogP contribution in [0.25, 0.3) is 0 Å². The molecular weight excluding hydrogens is 140 g/mol. The Kier molecular flexibility index (Phi) is 2.17. The van der Waals surface area contributed by atoms with Crippen LogP contribution in [0.3, 0.4) is 0 Å². The normalized spacial score (nSPS) is 9.40. The van der Waals surface area contributed by atoms with Gasteiger partial charge in [0.15, 0.2) is 0 Å². The highest BCUT2D eigenvalue weighted by atomic mass is 32.1. The number of benzene rings is 1. The quantitative estimate of drug-likeness (QED) is 0.553. The average Bonchev–Trinajstić information content (AvgIpc) is 1.95. The maximum absolute atomic E-state index is 4.67. The molecule has 0 amide bonds. The molecule has 0 aliphatic carbocycles. The zero-order valence-corrected chi connectivity index (χ0v) is 6.96. The van der Waals surface area contributed by atoms with E-state index >= 15 is 0 Å². The summed E-state index contributed by atoms with van der Waals surface area (Å²) in [6, 6.07) is 6.08. The van der Waals surface area contributed by atoms with E-state index in [-0.39, 0.29) is 0 Å². The lowest BCUT2D eigenvalue weighted by molar-refractivity contribution is 1.34. The molecule has 0 atom stereocenters. The maximum Gasteiger partial charge on any atom is 0.0636 e.